The average molecular weight is 411 g/mol. The number of halogens is 1. The largest absolute Gasteiger partial charge is 0.497 e. The number of carbonyl (C=O) groups is 1. The van der Waals surface area contributed by atoms with Crippen molar-refractivity contribution in [2.24, 2.45) is 0 Å². The van der Waals surface area contributed by atoms with Crippen LogP contribution >= 0.6 is 11.6 Å². The molecule has 6 heteroatoms. The molecule has 0 N–H and O–H groups in total. The van der Waals surface area contributed by atoms with E-state index in [9.17, 15) is 4.79 Å². The number of ether oxygens (including phenoxy) is 1. The lowest BCUT2D eigenvalue weighted by Gasteiger charge is -2.21. The maximum atomic E-state index is 12.7. The first-order chi connectivity index (χ1) is 14.1. The minimum atomic E-state index is 0.0203. The maximum Gasteiger partial charge on any atom is 0.223 e. The van der Waals surface area contributed by atoms with Gasteiger partial charge in [0, 0.05) is 36.5 Å². The minimum Gasteiger partial charge on any atom is -0.497 e. The van der Waals surface area contributed by atoms with E-state index in [1.54, 1.807) is 36.4 Å². The van der Waals surface area contributed by atoms with Gasteiger partial charge in [-0.3, -0.25) is 4.79 Å². The van der Waals surface area contributed by atoms with E-state index in [0.29, 0.717) is 42.6 Å². The highest BCUT2D eigenvalue weighted by Crippen LogP contribution is 2.23. The van der Waals surface area contributed by atoms with Crippen LogP contribution in [0.3, 0.4) is 0 Å². The van der Waals surface area contributed by atoms with Crippen molar-refractivity contribution in [2.75, 3.05) is 13.7 Å². The number of methoxy groups -OCH3 is 1. The molecule has 0 unspecified atom stereocenters. The van der Waals surface area contributed by atoms with Gasteiger partial charge in [0.1, 0.15) is 5.75 Å². The molecular weight excluding hydrogens is 388 g/mol. The fraction of sp³-hybridized carbons (Fsp3) is 0.217. The van der Waals surface area contributed by atoms with Gasteiger partial charge in [0.05, 0.1) is 13.3 Å². The predicted octanol–water partition coefficient (Wildman–Crippen LogP) is 5.15. The van der Waals surface area contributed by atoms with E-state index >= 15 is 0 Å². The highest BCUT2D eigenvalue weighted by Gasteiger charge is 2.15. The standard InChI is InChI=1S/C23H23ClN2O3/c1-3-14-26(16-17-4-10-20(28-2)11-5-17)23(27)13-12-22-25-15-21(29-22)18-6-8-19(24)9-7-18/h3-11,15H,1,12-14,16H2,2H3. The van der Waals surface area contributed by atoms with Crippen LogP contribution in [-0.2, 0) is 17.8 Å². The third-order valence-electron chi connectivity index (χ3n) is 4.47. The second-order valence-corrected chi connectivity index (χ2v) is 6.97. The molecule has 1 heterocycles. The first kappa shape index (κ1) is 20.7. The fourth-order valence-corrected chi connectivity index (χ4v) is 3.03. The summed E-state index contributed by atoms with van der Waals surface area (Å²) in [6, 6.07) is 15.0. The molecule has 5 nitrogen and oxygen atoms in total. The van der Waals surface area contributed by atoms with Crippen LogP contribution in [0.2, 0.25) is 5.02 Å². The van der Waals surface area contributed by atoms with Crippen LogP contribution in [0.25, 0.3) is 11.3 Å². The van der Waals surface area contributed by atoms with Crippen LogP contribution in [0.4, 0.5) is 0 Å². The Hall–Kier alpha value is -3.05. The van der Waals surface area contributed by atoms with E-state index in [4.69, 9.17) is 20.8 Å². The van der Waals surface area contributed by atoms with Gasteiger partial charge in [-0.25, -0.2) is 4.98 Å². The van der Waals surface area contributed by atoms with Gasteiger partial charge in [-0.2, -0.15) is 0 Å². The quantitative estimate of drug-likeness (QED) is 0.458. The van der Waals surface area contributed by atoms with Crippen molar-refractivity contribution >= 4 is 17.5 Å². The third-order valence-corrected chi connectivity index (χ3v) is 4.72. The van der Waals surface area contributed by atoms with E-state index in [1.165, 1.54) is 0 Å². The second kappa shape index (κ2) is 9.94. The van der Waals surface area contributed by atoms with E-state index < -0.39 is 0 Å². The van der Waals surface area contributed by atoms with E-state index in [2.05, 4.69) is 11.6 Å². The molecule has 0 fully saturated rings. The number of amides is 1. The van der Waals surface area contributed by atoms with Crippen molar-refractivity contribution in [3.63, 3.8) is 0 Å². The van der Waals surface area contributed by atoms with Crippen LogP contribution < -0.4 is 4.74 Å². The zero-order valence-electron chi connectivity index (χ0n) is 16.3. The Balaban J connectivity index is 1.59. The van der Waals surface area contributed by atoms with Gasteiger partial charge in [0.25, 0.3) is 0 Å². The van der Waals surface area contributed by atoms with Gasteiger partial charge in [-0.05, 0) is 42.0 Å². The summed E-state index contributed by atoms with van der Waals surface area (Å²) in [4.78, 5) is 18.8. The van der Waals surface area contributed by atoms with Crippen molar-refractivity contribution in [1.29, 1.82) is 0 Å². The van der Waals surface area contributed by atoms with Crippen LogP contribution in [0.15, 0.2) is 71.8 Å². The Morgan fingerprint density at radius 2 is 1.93 bits per heavy atom. The molecular formula is C23H23ClN2O3. The van der Waals surface area contributed by atoms with Gasteiger partial charge in [0.2, 0.25) is 5.91 Å². The normalized spacial score (nSPS) is 10.6. The lowest BCUT2D eigenvalue weighted by Crippen LogP contribution is -2.30. The summed E-state index contributed by atoms with van der Waals surface area (Å²) in [5.41, 5.74) is 1.93. The number of aromatic nitrogens is 1. The van der Waals surface area contributed by atoms with Crippen LogP contribution in [0, 0.1) is 0 Å². The lowest BCUT2D eigenvalue weighted by molar-refractivity contribution is -0.131. The molecule has 29 heavy (non-hydrogen) atoms. The Labute approximate surface area is 175 Å². The van der Waals surface area contributed by atoms with Crippen molar-refractivity contribution in [3.8, 4) is 17.1 Å². The fourth-order valence-electron chi connectivity index (χ4n) is 2.91. The molecule has 1 amide bonds. The van der Waals surface area contributed by atoms with Crippen LogP contribution in [0.1, 0.15) is 17.9 Å². The van der Waals surface area contributed by atoms with Crippen molar-refractivity contribution in [2.45, 2.75) is 19.4 Å². The van der Waals surface area contributed by atoms with Crippen LogP contribution in [0.5, 0.6) is 5.75 Å². The minimum absolute atomic E-state index is 0.0203. The summed E-state index contributed by atoms with van der Waals surface area (Å²) in [5, 5.41) is 0.665. The Morgan fingerprint density at radius 3 is 2.59 bits per heavy atom. The maximum absolute atomic E-state index is 12.7. The molecule has 0 aliphatic heterocycles. The summed E-state index contributed by atoms with van der Waals surface area (Å²) in [7, 11) is 1.63. The van der Waals surface area contributed by atoms with E-state index in [-0.39, 0.29) is 5.91 Å². The summed E-state index contributed by atoms with van der Waals surface area (Å²) < 4.78 is 11.0. The average Bonchev–Trinajstić information content (AvgIpc) is 3.22. The number of aryl methyl sites for hydroxylation is 1. The summed E-state index contributed by atoms with van der Waals surface area (Å²) in [6.07, 6.45) is 4.14. The number of carbonyl (C=O) groups excluding carboxylic acids is 1. The first-order valence-electron chi connectivity index (χ1n) is 9.31. The molecule has 0 radical (unpaired) electrons. The van der Waals surface area contributed by atoms with E-state index in [0.717, 1.165) is 16.9 Å². The van der Waals surface area contributed by atoms with Gasteiger partial charge in [-0.1, -0.05) is 29.8 Å². The van der Waals surface area contributed by atoms with Crippen molar-refractivity contribution in [1.82, 2.24) is 9.88 Å². The monoisotopic (exact) mass is 410 g/mol. The third kappa shape index (κ3) is 5.72. The number of hydrogen-bond donors (Lipinski definition) is 0. The zero-order valence-corrected chi connectivity index (χ0v) is 17.1. The summed E-state index contributed by atoms with van der Waals surface area (Å²) in [6.45, 7) is 4.75. The van der Waals surface area contributed by atoms with Crippen molar-refractivity contribution in [3.05, 3.63) is 83.9 Å². The lowest BCUT2D eigenvalue weighted by atomic mass is 10.2. The molecule has 0 atom stereocenters. The topological polar surface area (TPSA) is 55.6 Å². The molecule has 0 saturated carbocycles. The molecule has 0 saturated heterocycles. The number of rotatable bonds is 9. The number of hydrogen-bond acceptors (Lipinski definition) is 4. The number of benzene rings is 2. The molecule has 150 valence electrons. The van der Waals surface area contributed by atoms with Gasteiger partial charge in [0.15, 0.2) is 11.7 Å². The number of oxazole rings is 1. The second-order valence-electron chi connectivity index (χ2n) is 6.54. The smallest absolute Gasteiger partial charge is 0.223 e. The molecule has 0 aliphatic rings. The van der Waals surface area contributed by atoms with Crippen molar-refractivity contribution < 1.29 is 13.9 Å². The summed E-state index contributed by atoms with van der Waals surface area (Å²) >= 11 is 5.92. The molecule has 1 aromatic heterocycles. The molecule has 3 rings (SSSR count). The van der Waals surface area contributed by atoms with Gasteiger partial charge >= 0.3 is 0 Å². The number of nitrogens with zero attached hydrogens (tertiary/aromatic N) is 2. The highest BCUT2D eigenvalue weighted by molar-refractivity contribution is 6.30. The molecule has 0 bridgehead atoms. The predicted molar refractivity (Wildman–Crippen MR) is 114 cm³/mol. The Kier molecular flexibility index (Phi) is 7.09. The first-order valence-corrected chi connectivity index (χ1v) is 9.69. The van der Waals surface area contributed by atoms with Crippen LogP contribution in [-0.4, -0.2) is 29.4 Å². The zero-order chi connectivity index (χ0) is 20.6. The molecule has 0 spiro atoms. The highest BCUT2D eigenvalue weighted by atomic mass is 35.5. The molecule has 0 aliphatic carbocycles. The SMILES string of the molecule is C=CCN(Cc1ccc(OC)cc1)C(=O)CCc1ncc(-c2ccc(Cl)cc2)o1. The van der Waals surface area contributed by atoms with Gasteiger partial charge in [-0.15, -0.1) is 6.58 Å². The van der Waals surface area contributed by atoms with E-state index in [1.807, 2.05) is 36.4 Å². The van der Waals surface area contributed by atoms with Gasteiger partial charge < -0.3 is 14.1 Å². The Morgan fingerprint density at radius 1 is 1.21 bits per heavy atom. The Bertz CT molecular complexity index is 949. The summed E-state index contributed by atoms with van der Waals surface area (Å²) in [5.74, 6) is 2.00. The molecule has 2 aromatic carbocycles. The molecule has 3 aromatic rings.